The molecule has 0 radical (unpaired) electrons. The van der Waals surface area contributed by atoms with Crippen LogP contribution in [0.15, 0.2) is 12.1 Å². The SMILES string of the molecule is N#Cc1cc(Cl)c2c(c1)CCC2N[SH](=O)=O. The van der Waals surface area contributed by atoms with Gasteiger partial charge in [-0.1, -0.05) is 11.6 Å². The van der Waals surface area contributed by atoms with E-state index >= 15 is 0 Å². The number of nitrogens with one attached hydrogen (secondary N) is 1. The van der Waals surface area contributed by atoms with Crippen LogP contribution in [0.5, 0.6) is 0 Å². The third kappa shape index (κ3) is 2.05. The molecule has 0 saturated carbocycles. The van der Waals surface area contributed by atoms with E-state index in [1.807, 2.05) is 6.07 Å². The van der Waals surface area contributed by atoms with Crippen molar-refractivity contribution in [2.24, 2.45) is 0 Å². The van der Waals surface area contributed by atoms with Crippen LogP contribution in [0.25, 0.3) is 0 Å². The van der Waals surface area contributed by atoms with Gasteiger partial charge in [-0.05, 0) is 36.1 Å². The highest BCUT2D eigenvalue weighted by molar-refractivity contribution is 7.70. The molecule has 1 aliphatic carbocycles. The Bertz CT molecular complexity index is 540. The van der Waals surface area contributed by atoms with Gasteiger partial charge >= 0.3 is 0 Å². The molecule has 6 heteroatoms. The predicted octanol–water partition coefficient (Wildman–Crippen LogP) is 1.31. The van der Waals surface area contributed by atoms with Crippen molar-refractivity contribution >= 4 is 22.5 Å². The van der Waals surface area contributed by atoms with Gasteiger partial charge in [-0.25, -0.2) is 13.1 Å². The standard InChI is InChI=1S/C10H9ClN2O2S/c11-8-4-6(5-12)3-7-1-2-9(10(7)8)13-16(14)15/h3-4,9,16H,1-2H2,(H,13,14,15). The highest BCUT2D eigenvalue weighted by atomic mass is 35.5. The van der Waals surface area contributed by atoms with E-state index in [9.17, 15) is 8.42 Å². The fourth-order valence-electron chi connectivity index (χ4n) is 2.04. The molecule has 1 N–H and O–H groups in total. The number of nitrogens with zero attached hydrogens (tertiary/aromatic N) is 1. The molecular formula is C10H9ClN2O2S. The molecule has 1 aromatic rings. The summed E-state index contributed by atoms with van der Waals surface area (Å²) in [6, 6.07) is 5.11. The Hall–Kier alpha value is -1.09. The number of rotatable bonds is 2. The number of thiol groups is 1. The van der Waals surface area contributed by atoms with Gasteiger partial charge in [0.15, 0.2) is 0 Å². The highest BCUT2D eigenvalue weighted by Crippen LogP contribution is 2.37. The zero-order chi connectivity index (χ0) is 11.7. The van der Waals surface area contributed by atoms with Gasteiger partial charge in [0.1, 0.15) is 0 Å². The number of fused-ring (bicyclic) bond motifs is 1. The van der Waals surface area contributed by atoms with E-state index in [2.05, 4.69) is 4.72 Å². The second-order valence-corrected chi connectivity index (χ2v) is 4.80. The van der Waals surface area contributed by atoms with Gasteiger partial charge in [-0.3, -0.25) is 0 Å². The molecule has 0 aromatic heterocycles. The van der Waals surface area contributed by atoms with Crippen LogP contribution in [0.2, 0.25) is 5.02 Å². The average molecular weight is 257 g/mol. The Labute approximate surface area is 99.9 Å². The fraction of sp³-hybridized carbons (Fsp3) is 0.300. The number of hydrogen-bond donors (Lipinski definition) is 2. The third-order valence-electron chi connectivity index (χ3n) is 2.66. The Morgan fingerprint density at radius 3 is 2.88 bits per heavy atom. The van der Waals surface area contributed by atoms with E-state index in [4.69, 9.17) is 16.9 Å². The van der Waals surface area contributed by atoms with Gasteiger partial charge in [0.2, 0.25) is 10.9 Å². The molecular weight excluding hydrogens is 248 g/mol. The molecule has 0 bridgehead atoms. The topological polar surface area (TPSA) is 70.0 Å². The van der Waals surface area contributed by atoms with Crippen LogP contribution >= 0.6 is 11.6 Å². The van der Waals surface area contributed by atoms with Gasteiger partial charge in [0.25, 0.3) is 0 Å². The number of aryl methyl sites for hydroxylation is 1. The van der Waals surface area contributed by atoms with E-state index < -0.39 is 10.9 Å². The molecule has 0 fully saturated rings. The lowest BCUT2D eigenvalue weighted by Crippen LogP contribution is -2.17. The number of benzene rings is 1. The first-order chi connectivity index (χ1) is 7.61. The molecule has 84 valence electrons. The minimum absolute atomic E-state index is 0.253. The van der Waals surface area contributed by atoms with Crippen molar-refractivity contribution in [1.82, 2.24) is 4.72 Å². The quantitative estimate of drug-likeness (QED) is 0.784. The molecule has 0 heterocycles. The molecule has 1 aliphatic rings. The Balaban J connectivity index is 2.44. The summed E-state index contributed by atoms with van der Waals surface area (Å²) >= 11 is 6.04. The summed E-state index contributed by atoms with van der Waals surface area (Å²) in [5.74, 6) is 0. The lowest BCUT2D eigenvalue weighted by atomic mass is 10.1. The molecule has 0 aliphatic heterocycles. The first-order valence-electron chi connectivity index (χ1n) is 4.75. The van der Waals surface area contributed by atoms with Crippen molar-refractivity contribution < 1.29 is 8.42 Å². The maximum atomic E-state index is 10.6. The second-order valence-electron chi connectivity index (χ2n) is 3.62. The molecule has 0 amide bonds. The van der Waals surface area contributed by atoms with Gasteiger partial charge in [-0.15, -0.1) is 0 Å². The first-order valence-corrected chi connectivity index (χ1v) is 6.30. The van der Waals surface area contributed by atoms with Crippen molar-refractivity contribution in [3.05, 3.63) is 33.8 Å². The predicted molar refractivity (Wildman–Crippen MR) is 60.7 cm³/mol. The molecule has 0 saturated heterocycles. The van der Waals surface area contributed by atoms with Crippen LogP contribution < -0.4 is 4.72 Å². The number of halogens is 1. The van der Waals surface area contributed by atoms with Crippen LogP contribution in [-0.4, -0.2) is 8.42 Å². The maximum Gasteiger partial charge on any atom is 0.201 e. The zero-order valence-corrected chi connectivity index (χ0v) is 9.89. The molecule has 0 spiro atoms. The van der Waals surface area contributed by atoms with Gasteiger partial charge in [0, 0.05) is 11.1 Å². The summed E-state index contributed by atoms with van der Waals surface area (Å²) in [7, 11) is -2.63. The molecule has 1 atom stereocenters. The average Bonchev–Trinajstić information content (AvgIpc) is 2.60. The van der Waals surface area contributed by atoms with E-state index in [0.717, 1.165) is 17.5 Å². The van der Waals surface area contributed by atoms with Crippen molar-refractivity contribution in [2.75, 3.05) is 0 Å². The lowest BCUT2D eigenvalue weighted by Gasteiger charge is -2.10. The van der Waals surface area contributed by atoms with Crippen LogP contribution in [0.4, 0.5) is 0 Å². The summed E-state index contributed by atoms with van der Waals surface area (Å²) in [6.07, 6.45) is 1.43. The van der Waals surface area contributed by atoms with E-state index in [-0.39, 0.29) is 6.04 Å². The molecule has 1 unspecified atom stereocenters. The first kappa shape index (κ1) is 11.4. The normalized spacial score (nSPS) is 18.4. The maximum absolute atomic E-state index is 10.6. The summed E-state index contributed by atoms with van der Waals surface area (Å²) in [4.78, 5) is 0. The van der Waals surface area contributed by atoms with Crippen LogP contribution in [-0.2, 0) is 17.3 Å². The summed E-state index contributed by atoms with van der Waals surface area (Å²) < 4.78 is 23.7. The number of nitriles is 1. The minimum Gasteiger partial charge on any atom is -0.215 e. The Morgan fingerprint density at radius 1 is 1.50 bits per heavy atom. The van der Waals surface area contributed by atoms with Gasteiger partial charge in [0.05, 0.1) is 11.6 Å². The Morgan fingerprint density at radius 2 is 2.25 bits per heavy atom. The van der Waals surface area contributed by atoms with Crippen LogP contribution in [0.3, 0.4) is 0 Å². The molecule has 1 aromatic carbocycles. The minimum atomic E-state index is -2.63. The summed E-state index contributed by atoms with van der Waals surface area (Å²) in [5, 5.41) is 9.24. The largest absolute Gasteiger partial charge is 0.215 e. The van der Waals surface area contributed by atoms with Crippen LogP contribution in [0, 0.1) is 11.3 Å². The fourth-order valence-corrected chi connectivity index (χ4v) is 2.92. The lowest BCUT2D eigenvalue weighted by molar-refractivity contribution is 0.573. The smallest absolute Gasteiger partial charge is 0.201 e. The van der Waals surface area contributed by atoms with E-state index in [1.165, 1.54) is 0 Å². The van der Waals surface area contributed by atoms with Gasteiger partial charge < -0.3 is 0 Å². The van der Waals surface area contributed by atoms with Crippen molar-refractivity contribution in [3.63, 3.8) is 0 Å². The monoisotopic (exact) mass is 256 g/mol. The zero-order valence-electron chi connectivity index (χ0n) is 8.24. The number of hydrogen-bond acceptors (Lipinski definition) is 3. The Kier molecular flexibility index (Phi) is 3.15. The summed E-state index contributed by atoms with van der Waals surface area (Å²) in [6.45, 7) is 0. The second kappa shape index (κ2) is 4.42. The van der Waals surface area contributed by atoms with Crippen molar-refractivity contribution in [1.29, 1.82) is 5.26 Å². The van der Waals surface area contributed by atoms with E-state index in [1.54, 1.807) is 12.1 Å². The molecule has 2 rings (SSSR count). The van der Waals surface area contributed by atoms with Crippen LogP contribution in [0.1, 0.15) is 29.2 Å². The summed E-state index contributed by atoms with van der Waals surface area (Å²) in [5.41, 5.74) is 2.27. The van der Waals surface area contributed by atoms with Crippen molar-refractivity contribution in [2.45, 2.75) is 18.9 Å². The third-order valence-corrected chi connectivity index (χ3v) is 3.49. The molecule has 16 heavy (non-hydrogen) atoms. The molecule has 4 nitrogen and oxygen atoms in total. The van der Waals surface area contributed by atoms with E-state index in [0.29, 0.717) is 17.0 Å². The highest BCUT2D eigenvalue weighted by Gasteiger charge is 2.25. The van der Waals surface area contributed by atoms with Gasteiger partial charge in [-0.2, -0.15) is 5.26 Å². The van der Waals surface area contributed by atoms with Crippen molar-refractivity contribution in [3.8, 4) is 6.07 Å².